The second-order valence-corrected chi connectivity index (χ2v) is 7.54. The maximum absolute atomic E-state index is 2.33. The third-order valence-corrected chi connectivity index (χ3v) is 5.68. The molecule has 0 aromatic heterocycles. The number of hydrogen-bond acceptors (Lipinski definition) is 1. The van der Waals surface area contributed by atoms with Gasteiger partial charge in [0.25, 0.3) is 0 Å². The summed E-state index contributed by atoms with van der Waals surface area (Å²) in [6, 6.07) is 34.9. The third-order valence-electron chi connectivity index (χ3n) is 4.88. The molecule has 0 atom stereocenters. The number of hydrogen-bond donors (Lipinski definition) is 0. The Bertz CT molecular complexity index is 1050. The molecule has 0 heterocycles. The largest absolute Gasteiger partial charge is 0.129 e. The Kier molecular flexibility index (Phi) is 5.13. The number of aryl methyl sites for hydroxylation is 1. The maximum Gasteiger partial charge on any atom is 0.0148 e. The van der Waals surface area contributed by atoms with Crippen LogP contribution in [-0.4, -0.2) is 6.26 Å². The van der Waals surface area contributed by atoms with Crippen molar-refractivity contribution in [3.8, 4) is 33.4 Å². The molecule has 27 heavy (non-hydrogen) atoms. The highest BCUT2D eigenvalue weighted by atomic mass is 32.2. The van der Waals surface area contributed by atoms with E-state index in [9.17, 15) is 0 Å². The summed E-state index contributed by atoms with van der Waals surface area (Å²) in [6.07, 6.45) is 2.14. The van der Waals surface area contributed by atoms with Crippen LogP contribution in [0.1, 0.15) is 5.56 Å². The van der Waals surface area contributed by atoms with E-state index >= 15 is 0 Å². The summed E-state index contributed by atoms with van der Waals surface area (Å²) in [7, 11) is 0. The molecule has 0 amide bonds. The molecule has 0 N–H and O–H groups in total. The van der Waals surface area contributed by atoms with E-state index in [4.69, 9.17) is 0 Å². The van der Waals surface area contributed by atoms with Crippen molar-refractivity contribution in [2.75, 3.05) is 6.26 Å². The van der Waals surface area contributed by atoms with Gasteiger partial charge in [-0.2, -0.15) is 0 Å². The Hall–Kier alpha value is -2.77. The molecule has 0 saturated carbocycles. The Labute approximate surface area is 165 Å². The summed E-state index contributed by atoms with van der Waals surface area (Å²) in [5.74, 6) is 0. The fraction of sp³-hybridized carbons (Fsp3) is 0.0769. The van der Waals surface area contributed by atoms with Gasteiger partial charge >= 0.3 is 0 Å². The molecule has 0 nitrogen and oxygen atoms in total. The third kappa shape index (κ3) is 3.70. The number of rotatable bonds is 4. The van der Waals surface area contributed by atoms with Crippen LogP contribution in [0.5, 0.6) is 0 Å². The molecule has 132 valence electrons. The zero-order chi connectivity index (χ0) is 18.6. The van der Waals surface area contributed by atoms with E-state index in [2.05, 4.69) is 110 Å². The van der Waals surface area contributed by atoms with Gasteiger partial charge < -0.3 is 0 Å². The molecule has 0 radical (unpaired) electrons. The lowest BCUT2D eigenvalue weighted by Crippen LogP contribution is -1.89. The fourth-order valence-electron chi connectivity index (χ4n) is 3.44. The lowest BCUT2D eigenvalue weighted by atomic mass is 9.91. The summed E-state index contributed by atoms with van der Waals surface area (Å²) >= 11 is 1.79. The molecule has 0 aliphatic carbocycles. The molecular formula is C26H22S. The van der Waals surface area contributed by atoms with Crippen molar-refractivity contribution < 1.29 is 0 Å². The van der Waals surface area contributed by atoms with Crippen molar-refractivity contribution >= 4 is 11.8 Å². The van der Waals surface area contributed by atoms with Gasteiger partial charge in [-0.25, -0.2) is 0 Å². The molecule has 0 spiro atoms. The summed E-state index contributed by atoms with van der Waals surface area (Å²) in [5, 5.41) is 0. The Morgan fingerprint density at radius 2 is 1.15 bits per heavy atom. The Balaban J connectivity index is 1.92. The molecule has 1 heteroatoms. The van der Waals surface area contributed by atoms with Crippen LogP contribution < -0.4 is 0 Å². The van der Waals surface area contributed by atoms with Crippen molar-refractivity contribution in [2.45, 2.75) is 11.8 Å². The first kappa shape index (κ1) is 17.6. The van der Waals surface area contributed by atoms with Crippen LogP contribution in [0.3, 0.4) is 0 Å². The van der Waals surface area contributed by atoms with Gasteiger partial charge in [-0.05, 0) is 58.7 Å². The molecule has 0 unspecified atom stereocenters. The zero-order valence-electron chi connectivity index (χ0n) is 15.6. The van der Waals surface area contributed by atoms with Gasteiger partial charge in [0.1, 0.15) is 0 Å². The van der Waals surface area contributed by atoms with Crippen LogP contribution in [-0.2, 0) is 0 Å². The highest BCUT2D eigenvalue weighted by molar-refractivity contribution is 7.98. The minimum absolute atomic E-state index is 1.25. The Morgan fingerprint density at radius 1 is 0.519 bits per heavy atom. The van der Waals surface area contributed by atoms with Crippen LogP contribution in [0.4, 0.5) is 0 Å². The highest BCUT2D eigenvalue weighted by Gasteiger charge is 2.11. The summed E-state index contributed by atoms with van der Waals surface area (Å²) in [5.41, 5.74) is 8.87. The minimum Gasteiger partial charge on any atom is -0.129 e. The second kappa shape index (κ2) is 7.85. The van der Waals surface area contributed by atoms with Gasteiger partial charge in [0, 0.05) is 4.90 Å². The van der Waals surface area contributed by atoms with Gasteiger partial charge in [-0.15, -0.1) is 11.8 Å². The molecule has 4 aromatic rings. The monoisotopic (exact) mass is 366 g/mol. The molecule has 0 fully saturated rings. The minimum atomic E-state index is 1.25. The van der Waals surface area contributed by atoms with Crippen molar-refractivity contribution in [2.24, 2.45) is 0 Å². The van der Waals surface area contributed by atoms with Crippen LogP contribution in [0.2, 0.25) is 0 Å². The molecule has 0 bridgehead atoms. The van der Waals surface area contributed by atoms with Gasteiger partial charge in [-0.3, -0.25) is 0 Å². The zero-order valence-corrected chi connectivity index (χ0v) is 16.5. The molecule has 0 saturated heterocycles. The molecular weight excluding hydrogens is 344 g/mol. The summed E-state index contributed by atoms with van der Waals surface area (Å²) in [4.78, 5) is 1.31. The average Bonchev–Trinajstić information content (AvgIpc) is 2.74. The highest BCUT2D eigenvalue weighted by Crippen LogP contribution is 2.38. The lowest BCUT2D eigenvalue weighted by Gasteiger charge is -2.15. The van der Waals surface area contributed by atoms with Crippen molar-refractivity contribution in [3.63, 3.8) is 0 Å². The van der Waals surface area contributed by atoms with Gasteiger partial charge in [0.05, 0.1) is 0 Å². The quantitative estimate of drug-likeness (QED) is 0.333. The normalized spacial score (nSPS) is 10.7. The van der Waals surface area contributed by atoms with Gasteiger partial charge in [0.2, 0.25) is 0 Å². The van der Waals surface area contributed by atoms with Crippen LogP contribution in [0.15, 0.2) is 102 Å². The molecule has 0 aliphatic heterocycles. The van der Waals surface area contributed by atoms with E-state index in [1.807, 2.05) is 0 Å². The van der Waals surface area contributed by atoms with Crippen LogP contribution in [0.25, 0.3) is 33.4 Å². The van der Waals surface area contributed by atoms with E-state index < -0.39 is 0 Å². The van der Waals surface area contributed by atoms with E-state index in [-0.39, 0.29) is 0 Å². The molecule has 4 aromatic carbocycles. The van der Waals surface area contributed by atoms with Crippen molar-refractivity contribution in [1.82, 2.24) is 0 Å². The smallest absolute Gasteiger partial charge is 0.0148 e. The predicted molar refractivity (Wildman–Crippen MR) is 119 cm³/mol. The van der Waals surface area contributed by atoms with Crippen LogP contribution in [0, 0.1) is 6.92 Å². The first-order chi connectivity index (χ1) is 13.3. The maximum atomic E-state index is 2.33. The standard InChI is InChI=1S/C26H22S/c1-19-12-14-21(15-13-19)23-17-16-22(24-10-6-7-11-26(24)27-2)18-25(23)20-8-4-3-5-9-20/h3-18H,1-2H3. The summed E-state index contributed by atoms with van der Waals surface area (Å²) in [6.45, 7) is 2.13. The predicted octanol–water partition coefficient (Wildman–Crippen LogP) is 7.72. The first-order valence-corrected chi connectivity index (χ1v) is 10.4. The van der Waals surface area contributed by atoms with E-state index in [0.29, 0.717) is 0 Å². The van der Waals surface area contributed by atoms with Crippen molar-refractivity contribution in [3.05, 3.63) is 103 Å². The van der Waals surface area contributed by atoms with Crippen molar-refractivity contribution in [1.29, 1.82) is 0 Å². The van der Waals surface area contributed by atoms with Gasteiger partial charge in [0.15, 0.2) is 0 Å². The fourth-order valence-corrected chi connectivity index (χ4v) is 4.06. The average molecular weight is 367 g/mol. The molecule has 4 rings (SSSR count). The topological polar surface area (TPSA) is 0 Å². The van der Waals surface area contributed by atoms with Gasteiger partial charge in [-0.1, -0.05) is 90.5 Å². The summed E-state index contributed by atoms with van der Waals surface area (Å²) < 4.78 is 0. The Morgan fingerprint density at radius 3 is 1.89 bits per heavy atom. The first-order valence-electron chi connectivity index (χ1n) is 9.16. The SMILES string of the molecule is CSc1ccccc1-c1ccc(-c2ccc(C)cc2)c(-c2ccccc2)c1. The lowest BCUT2D eigenvalue weighted by molar-refractivity contribution is 1.44. The van der Waals surface area contributed by atoms with E-state index in [0.717, 1.165) is 0 Å². The van der Waals surface area contributed by atoms with E-state index in [1.54, 1.807) is 11.8 Å². The van der Waals surface area contributed by atoms with E-state index in [1.165, 1.54) is 43.8 Å². The number of thioether (sulfide) groups is 1. The second-order valence-electron chi connectivity index (χ2n) is 6.69. The van der Waals surface area contributed by atoms with Crippen LogP contribution >= 0.6 is 11.8 Å². The molecule has 0 aliphatic rings. The number of benzene rings is 4.